The molecule has 1 aromatic rings. The molecule has 0 unspecified atom stereocenters. The Morgan fingerprint density at radius 3 is 2.94 bits per heavy atom. The predicted octanol–water partition coefficient (Wildman–Crippen LogP) is 1.44. The van der Waals surface area contributed by atoms with E-state index in [0.29, 0.717) is 11.2 Å². The molecule has 0 aliphatic carbocycles. The topological polar surface area (TPSA) is 55.0 Å². The van der Waals surface area contributed by atoms with Crippen molar-refractivity contribution in [1.82, 2.24) is 15.1 Å². The summed E-state index contributed by atoms with van der Waals surface area (Å²) in [5, 5.41) is 8.37. The Hall–Kier alpha value is -0.710. The molecule has 0 bridgehead atoms. The summed E-state index contributed by atoms with van der Waals surface area (Å²) < 4.78 is 0. The van der Waals surface area contributed by atoms with Crippen molar-refractivity contribution in [3.63, 3.8) is 0 Å². The first-order valence-electron chi connectivity index (χ1n) is 5.72. The van der Waals surface area contributed by atoms with Crippen LogP contribution in [0.3, 0.4) is 0 Å². The van der Waals surface area contributed by atoms with Crippen molar-refractivity contribution < 1.29 is 0 Å². The maximum absolute atomic E-state index is 5.77. The van der Waals surface area contributed by atoms with E-state index in [1.165, 1.54) is 19.3 Å². The fourth-order valence-electron chi connectivity index (χ4n) is 2.17. The number of hydrogen-bond donors (Lipinski definition) is 1. The van der Waals surface area contributed by atoms with Crippen molar-refractivity contribution in [3.8, 4) is 0 Å². The van der Waals surface area contributed by atoms with E-state index in [9.17, 15) is 0 Å². The van der Waals surface area contributed by atoms with Gasteiger partial charge in [-0.05, 0) is 31.5 Å². The number of nitrogens with two attached hydrogens (primary N) is 1. The average Bonchev–Trinajstić information content (AvgIpc) is 2.33. The van der Waals surface area contributed by atoms with Crippen molar-refractivity contribution in [2.75, 3.05) is 13.1 Å². The number of likely N-dealkylation sites (tertiary alicyclic amines) is 1. The minimum absolute atomic E-state index is 0.442. The Morgan fingerprint density at radius 1 is 1.38 bits per heavy atom. The normalized spacial score (nSPS) is 22.2. The van der Waals surface area contributed by atoms with Crippen LogP contribution >= 0.6 is 11.6 Å². The SMILES string of the molecule is NC[C@H]1CCCCN1Cc1ccc(Cl)nn1. The molecule has 1 aliphatic heterocycles. The van der Waals surface area contributed by atoms with Gasteiger partial charge in [0.05, 0.1) is 5.69 Å². The van der Waals surface area contributed by atoms with Crippen LogP contribution in [-0.2, 0) is 6.54 Å². The molecule has 1 aliphatic rings. The number of nitrogens with zero attached hydrogens (tertiary/aromatic N) is 3. The minimum atomic E-state index is 0.442. The molecule has 1 saturated heterocycles. The van der Waals surface area contributed by atoms with E-state index in [2.05, 4.69) is 15.1 Å². The van der Waals surface area contributed by atoms with Crippen molar-refractivity contribution in [2.24, 2.45) is 5.73 Å². The van der Waals surface area contributed by atoms with Gasteiger partial charge in [-0.15, -0.1) is 5.10 Å². The van der Waals surface area contributed by atoms with Gasteiger partial charge in [-0.3, -0.25) is 4.90 Å². The molecule has 0 aromatic carbocycles. The zero-order valence-corrected chi connectivity index (χ0v) is 10.0. The Balaban J connectivity index is 1.99. The molecule has 4 nitrogen and oxygen atoms in total. The quantitative estimate of drug-likeness (QED) is 0.869. The lowest BCUT2D eigenvalue weighted by atomic mass is 10.0. The van der Waals surface area contributed by atoms with Gasteiger partial charge in [0.25, 0.3) is 0 Å². The zero-order chi connectivity index (χ0) is 11.4. The lowest BCUT2D eigenvalue weighted by Gasteiger charge is -2.34. The summed E-state index contributed by atoms with van der Waals surface area (Å²) in [4.78, 5) is 2.39. The summed E-state index contributed by atoms with van der Waals surface area (Å²) >= 11 is 5.70. The van der Waals surface area contributed by atoms with Crippen LogP contribution in [0.4, 0.5) is 0 Å². The lowest BCUT2D eigenvalue weighted by molar-refractivity contribution is 0.143. The number of piperidine rings is 1. The van der Waals surface area contributed by atoms with E-state index in [1.807, 2.05) is 6.07 Å². The second-order valence-corrected chi connectivity index (χ2v) is 4.59. The molecular weight excluding hydrogens is 224 g/mol. The van der Waals surface area contributed by atoms with E-state index in [1.54, 1.807) is 6.07 Å². The summed E-state index contributed by atoms with van der Waals surface area (Å²) in [5.74, 6) is 0. The van der Waals surface area contributed by atoms with Gasteiger partial charge >= 0.3 is 0 Å². The van der Waals surface area contributed by atoms with Gasteiger partial charge in [-0.1, -0.05) is 18.0 Å². The molecule has 1 atom stereocenters. The molecule has 0 saturated carbocycles. The Morgan fingerprint density at radius 2 is 2.25 bits per heavy atom. The van der Waals surface area contributed by atoms with Gasteiger partial charge in [-0.2, -0.15) is 5.10 Å². The zero-order valence-electron chi connectivity index (χ0n) is 9.27. The first-order chi connectivity index (χ1) is 7.79. The highest BCUT2D eigenvalue weighted by Gasteiger charge is 2.21. The van der Waals surface area contributed by atoms with Crippen molar-refractivity contribution in [3.05, 3.63) is 23.0 Å². The Bertz CT molecular complexity index is 327. The highest BCUT2D eigenvalue weighted by molar-refractivity contribution is 6.29. The van der Waals surface area contributed by atoms with Gasteiger partial charge < -0.3 is 5.73 Å². The predicted molar refractivity (Wildman–Crippen MR) is 64.1 cm³/mol. The van der Waals surface area contributed by atoms with Crippen LogP contribution in [0, 0.1) is 0 Å². The first-order valence-corrected chi connectivity index (χ1v) is 6.09. The van der Waals surface area contributed by atoms with E-state index in [0.717, 1.165) is 25.3 Å². The fraction of sp³-hybridized carbons (Fsp3) is 0.636. The maximum atomic E-state index is 5.77. The molecule has 88 valence electrons. The summed E-state index contributed by atoms with van der Waals surface area (Å²) in [6, 6.07) is 4.20. The van der Waals surface area contributed by atoms with Crippen molar-refractivity contribution in [1.29, 1.82) is 0 Å². The molecule has 2 heterocycles. The van der Waals surface area contributed by atoms with Crippen molar-refractivity contribution >= 4 is 11.6 Å². The second kappa shape index (κ2) is 5.57. The van der Waals surface area contributed by atoms with Gasteiger partial charge in [0, 0.05) is 19.1 Å². The van der Waals surface area contributed by atoms with E-state index < -0.39 is 0 Å². The number of aromatic nitrogens is 2. The molecular formula is C11H17ClN4. The van der Waals surface area contributed by atoms with E-state index in [-0.39, 0.29) is 0 Å². The summed E-state index contributed by atoms with van der Waals surface area (Å²) in [7, 11) is 0. The monoisotopic (exact) mass is 240 g/mol. The third kappa shape index (κ3) is 2.90. The molecule has 2 N–H and O–H groups in total. The molecule has 0 amide bonds. The minimum Gasteiger partial charge on any atom is -0.329 e. The van der Waals surface area contributed by atoms with Gasteiger partial charge in [-0.25, -0.2) is 0 Å². The lowest BCUT2D eigenvalue weighted by Crippen LogP contribution is -2.43. The highest BCUT2D eigenvalue weighted by Crippen LogP contribution is 2.18. The molecule has 0 spiro atoms. The van der Waals surface area contributed by atoms with Crippen LogP contribution in [0.15, 0.2) is 12.1 Å². The van der Waals surface area contributed by atoms with E-state index in [4.69, 9.17) is 17.3 Å². The van der Waals surface area contributed by atoms with Crippen LogP contribution in [-0.4, -0.2) is 34.2 Å². The van der Waals surface area contributed by atoms with Crippen LogP contribution in [0.2, 0.25) is 5.15 Å². The second-order valence-electron chi connectivity index (χ2n) is 4.20. The first kappa shape index (κ1) is 11.8. The third-order valence-electron chi connectivity index (χ3n) is 3.07. The summed E-state index contributed by atoms with van der Waals surface area (Å²) in [5.41, 5.74) is 6.74. The van der Waals surface area contributed by atoms with E-state index >= 15 is 0 Å². The maximum Gasteiger partial charge on any atom is 0.151 e. The summed E-state index contributed by atoms with van der Waals surface area (Å²) in [6.07, 6.45) is 3.72. The molecule has 2 rings (SSSR count). The summed E-state index contributed by atoms with van der Waals surface area (Å²) in [6.45, 7) is 2.65. The Labute approximate surface area is 101 Å². The molecule has 16 heavy (non-hydrogen) atoms. The highest BCUT2D eigenvalue weighted by atomic mass is 35.5. The van der Waals surface area contributed by atoms with Crippen LogP contribution in [0.1, 0.15) is 25.0 Å². The fourth-order valence-corrected chi connectivity index (χ4v) is 2.27. The van der Waals surface area contributed by atoms with Crippen LogP contribution < -0.4 is 5.73 Å². The van der Waals surface area contributed by atoms with Crippen molar-refractivity contribution in [2.45, 2.75) is 31.8 Å². The molecule has 5 heteroatoms. The molecule has 1 aromatic heterocycles. The van der Waals surface area contributed by atoms with Gasteiger partial charge in [0.2, 0.25) is 0 Å². The average molecular weight is 241 g/mol. The van der Waals surface area contributed by atoms with Crippen LogP contribution in [0.5, 0.6) is 0 Å². The number of hydrogen-bond acceptors (Lipinski definition) is 4. The molecule has 0 radical (unpaired) electrons. The standard InChI is InChI=1S/C11H17ClN4/c12-11-5-4-9(14-15-11)8-16-6-2-1-3-10(16)7-13/h4-5,10H,1-3,6-8,13H2/t10-/m1/s1. The number of halogens is 1. The smallest absolute Gasteiger partial charge is 0.151 e. The van der Waals surface area contributed by atoms with Crippen LogP contribution in [0.25, 0.3) is 0 Å². The third-order valence-corrected chi connectivity index (χ3v) is 3.28. The van der Waals surface area contributed by atoms with Gasteiger partial charge in [0.1, 0.15) is 0 Å². The Kier molecular flexibility index (Phi) is 4.09. The molecule has 1 fully saturated rings. The number of rotatable bonds is 3. The van der Waals surface area contributed by atoms with Gasteiger partial charge in [0.15, 0.2) is 5.15 Å². The largest absolute Gasteiger partial charge is 0.329 e.